The Hall–Kier alpha value is -2.42. The molecule has 0 saturated carbocycles. The molecule has 1 aliphatic rings. The number of rotatable bonds is 4. The lowest BCUT2D eigenvalue weighted by Gasteiger charge is -2.37. The molecule has 1 aliphatic carbocycles. The zero-order chi connectivity index (χ0) is 21.8. The van der Waals surface area contributed by atoms with E-state index in [1.807, 2.05) is 30.3 Å². The van der Waals surface area contributed by atoms with Crippen molar-refractivity contribution in [2.45, 2.75) is 49.8 Å². The van der Waals surface area contributed by atoms with Gasteiger partial charge in [-0.2, -0.15) is 0 Å². The number of benzene rings is 2. The first-order valence-corrected chi connectivity index (χ1v) is 11.0. The molecule has 0 radical (unpaired) electrons. The summed E-state index contributed by atoms with van der Waals surface area (Å²) in [6.07, 6.45) is 2.18. The first kappa shape index (κ1) is 22.9. The lowest BCUT2D eigenvalue weighted by atomic mass is 9.77. The molecular weight excluding hydrogens is 394 g/mol. The van der Waals surface area contributed by atoms with Crippen molar-refractivity contribution in [3.63, 3.8) is 0 Å². The van der Waals surface area contributed by atoms with Crippen LogP contribution in [0.1, 0.15) is 37.0 Å². The number of aliphatic hydroxyl groups is 1. The van der Waals surface area contributed by atoms with E-state index in [9.17, 15) is 13.5 Å². The van der Waals surface area contributed by atoms with E-state index in [4.69, 9.17) is 20.4 Å². The maximum absolute atomic E-state index is 12.4. The van der Waals surface area contributed by atoms with Crippen LogP contribution in [0.15, 0.2) is 47.4 Å². The van der Waals surface area contributed by atoms with E-state index in [2.05, 4.69) is 0 Å². The Kier molecular flexibility index (Phi) is 7.05. The van der Waals surface area contributed by atoms with Crippen LogP contribution in [0.3, 0.4) is 0 Å². The smallest absolute Gasteiger partial charge is 0.300 e. The van der Waals surface area contributed by atoms with Crippen LogP contribution < -0.4 is 10.5 Å². The van der Waals surface area contributed by atoms with Gasteiger partial charge in [-0.15, -0.1) is 0 Å². The average Bonchev–Trinajstić information content (AvgIpc) is 2.62. The van der Waals surface area contributed by atoms with Crippen LogP contribution in [0.2, 0.25) is 0 Å². The summed E-state index contributed by atoms with van der Waals surface area (Å²) >= 11 is 0. The highest BCUT2D eigenvalue weighted by molar-refractivity contribution is 7.90. The number of carboxylic acids is 1. The molecule has 29 heavy (non-hydrogen) atoms. The Morgan fingerprint density at radius 1 is 1.24 bits per heavy atom. The van der Waals surface area contributed by atoms with Gasteiger partial charge in [-0.25, -0.2) is 8.42 Å². The first-order valence-electron chi connectivity index (χ1n) is 9.15. The van der Waals surface area contributed by atoms with E-state index >= 15 is 0 Å². The van der Waals surface area contributed by atoms with Gasteiger partial charge in [0.05, 0.1) is 0 Å². The highest BCUT2D eigenvalue weighted by Gasteiger charge is 2.39. The molecule has 0 spiro atoms. The number of carboxylic acid groups (broad SMARTS) is 1. The molecule has 0 aromatic heterocycles. The van der Waals surface area contributed by atoms with Crippen molar-refractivity contribution >= 4 is 15.8 Å². The van der Waals surface area contributed by atoms with Gasteiger partial charge < -0.3 is 20.7 Å². The third-order valence-electron chi connectivity index (χ3n) is 4.80. The lowest BCUT2D eigenvalue weighted by Crippen LogP contribution is -2.47. The Bertz CT molecular complexity index is 966. The van der Waals surface area contributed by atoms with Crippen LogP contribution in [-0.4, -0.2) is 36.9 Å². The highest BCUT2D eigenvalue weighted by Crippen LogP contribution is 2.41. The Morgan fingerprint density at radius 2 is 1.83 bits per heavy atom. The molecule has 2 aromatic carbocycles. The minimum absolute atomic E-state index is 0.160. The number of hydrogen-bond acceptors (Lipinski definition) is 6. The van der Waals surface area contributed by atoms with Crippen molar-refractivity contribution in [2.75, 3.05) is 6.26 Å². The zero-order valence-electron chi connectivity index (χ0n) is 16.8. The third kappa shape index (κ3) is 5.56. The van der Waals surface area contributed by atoms with Gasteiger partial charge in [-0.05, 0) is 42.5 Å². The van der Waals surface area contributed by atoms with Crippen molar-refractivity contribution in [3.8, 4) is 5.75 Å². The number of hydrogen-bond donors (Lipinski definition) is 3. The fourth-order valence-corrected chi connectivity index (χ4v) is 4.52. The van der Waals surface area contributed by atoms with E-state index in [-0.39, 0.29) is 11.5 Å². The summed E-state index contributed by atoms with van der Waals surface area (Å²) in [5.74, 6) is -0.517. The van der Waals surface area contributed by atoms with Gasteiger partial charge >= 0.3 is 0 Å². The normalized spacial score (nSPS) is 20.8. The number of sulfone groups is 1. The van der Waals surface area contributed by atoms with Crippen LogP contribution in [0.25, 0.3) is 0 Å². The Balaban J connectivity index is 0.000000687. The molecule has 0 aliphatic heterocycles. The number of nitrogens with two attached hydrogens (primary N) is 1. The molecule has 3 rings (SSSR count). The molecule has 0 fully saturated rings. The van der Waals surface area contributed by atoms with Gasteiger partial charge in [0.2, 0.25) is 0 Å². The Labute approximate surface area is 171 Å². The number of fused-ring (bicyclic) bond motifs is 1. The van der Waals surface area contributed by atoms with Crippen LogP contribution in [-0.2, 0) is 33.3 Å². The third-order valence-corrected chi connectivity index (χ3v) is 5.99. The van der Waals surface area contributed by atoms with E-state index < -0.39 is 27.4 Å². The van der Waals surface area contributed by atoms with Crippen LogP contribution in [0, 0.1) is 0 Å². The number of carbonyl (C=O) groups is 1. The highest BCUT2D eigenvalue weighted by atomic mass is 32.2. The van der Waals surface area contributed by atoms with E-state index in [1.54, 1.807) is 19.1 Å². The summed E-state index contributed by atoms with van der Waals surface area (Å²) in [7, 11) is -3.52. The second kappa shape index (κ2) is 8.94. The second-order valence-corrected chi connectivity index (χ2v) is 9.23. The molecule has 8 heteroatoms. The van der Waals surface area contributed by atoms with Gasteiger partial charge in [-0.1, -0.05) is 36.4 Å². The van der Waals surface area contributed by atoms with E-state index in [1.165, 1.54) is 6.26 Å². The molecule has 0 saturated heterocycles. The molecule has 2 atom stereocenters. The average molecular weight is 422 g/mol. The van der Waals surface area contributed by atoms with Crippen molar-refractivity contribution in [3.05, 3.63) is 59.2 Å². The van der Waals surface area contributed by atoms with Crippen molar-refractivity contribution < 1.29 is 28.2 Å². The predicted octanol–water partition coefficient (Wildman–Crippen LogP) is 2.24. The van der Waals surface area contributed by atoms with Crippen molar-refractivity contribution in [1.82, 2.24) is 0 Å². The molecule has 158 valence electrons. The minimum atomic E-state index is -3.52. The first-order chi connectivity index (χ1) is 13.4. The van der Waals surface area contributed by atoms with Gasteiger partial charge in [0, 0.05) is 19.2 Å². The molecule has 4 N–H and O–H groups in total. The van der Waals surface area contributed by atoms with Crippen LogP contribution in [0.4, 0.5) is 0 Å². The quantitative estimate of drug-likeness (QED) is 0.691. The largest absolute Gasteiger partial charge is 0.488 e. The number of ether oxygens (including phenoxy) is 1. The van der Waals surface area contributed by atoms with Crippen LogP contribution >= 0.6 is 0 Å². The zero-order valence-corrected chi connectivity index (χ0v) is 17.6. The number of aliphatic carboxylic acids is 1. The SMILES string of the molecule is CC(=O)O.CC1(O)c2ccc(OCc3ccccc3)c(S(C)(=O)=O)c2CCC1N. The van der Waals surface area contributed by atoms with Gasteiger partial charge in [-0.3, -0.25) is 4.79 Å². The monoisotopic (exact) mass is 421 g/mol. The molecule has 2 unspecified atom stereocenters. The topological polar surface area (TPSA) is 127 Å². The van der Waals surface area contributed by atoms with Crippen LogP contribution in [0.5, 0.6) is 5.75 Å². The molecule has 0 amide bonds. The van der Waals surface area contributed by atoms with E-state index in [0.717, 1.165) is 12.5 Å². The summed E-state index contributed by atoms with van der Waals surface area (Å²) in [5, 5.41) is 18.1. The van der Waals surface area contributed by atoms with E-state index in [0.29, 0.717) is 29.7 Å². The summed E-state index contributed by atoms with van der Waals surface area (Å²) in [5.41, 5.74) is 6.90. The Morgan fingerprint density at radius 3 is 2.38 bits per heavy atom. The van der Waals surface area contributed by atoms with Crippen molar-refractivity contribution in [2.24, 2.45) is 5.73 Å². The molecule has 7 nitrogen and oxygen atoms in total. The van der Waals surface area contributed by atoms with Gasteiger partial charge in [0.25, 0.3) is 5.97 Å². The second-order valence-electron chi connectivity index (χ2n) is 7.28. The minimum Gasteiger partial charge on any atom is -0.488 e. The summed E-state index contributed by atoms with van der Waals surface area (Å²) in [6.45, 7) is 2.99. The lowest BCUT2D eigenvalue weighted by molar-refractivity contribution is -0.134. The van der Waals surface area contributed by atoms with Gasteiger partial charge in [0.15, 0.2) is 9.84 Å². The summed E-state index contributed by atoms with van der Waals surface area (Å²) < 4.78 is 30.7. The fraction of sp³-hybridized carbons (Fsp3) is 0.381. The fourth-order valence-electron chi connectivity index (χ4n) is 3.36. The summed E-state index contributed by atoms with van der Waals surface area (Å²) in [6, 6.07) is 12.5. The van der Waals surface area contributed by atoms with Crippen molar-refractivity contribution in [1.29, 1.82) is 0 Å². The molecule has 0 bridgehead atoms. The standard InChI is InChI=1S/C19H23NO4S.C2H4O2/c1-19(21)15-9-10-16(24-12-13-6-4-3-5-7-13)18(25(2,22)23)14(15)8-11-17(19)20;1-2(3)4/h3-7,9-10,17,21H,8,11-12,20H2,1-2H3;1H3,(H,3,4). The molecular formula is C21H27NO6S. The predicted molar refractivity (Wildman–Crippen MR) is 110 cm³/mol. The molecule has 0 heterocycles. The summed E-state index contributed by atoms with van der Waals surface area (Å²) in [4.78, 5) is 9.16. The maximum Gasteiger partial charge on any atom is 0.300 e. The maximum atomic E-state index is 12.4. The van der Waals surface area contributed by atoms with Gasteiger partial charge in [0.1, 0.15) is 22.9 Å². The molecule has 2 aromatic rings.